The van der Waals surface area contributed by atoms with Crippen molar-refractivity contribution in [3.63, 3.8) is 0 Å². The molecule has 2 N–H and O–H groups in total. The van der Waals surface area contributed by atoms with Crippen LogP contribution >= 0.6 is 0 Å². The average Bonchev–Trinajstić information content (AvgIpc) is 3.21. The molecule has 0 aliphatic carbocycles. The van der Waals surface area contributed by atoms with Crippen molar-refractivity contribution in [2.24, 2.45) is 0 Å². The van der Waals surface area contributed by atoms with Crippen LogP contribution in [0, 0.1) is 0 Å². The van der Waals surface area contributed by atoms with Crippen molar-refractivity contribution < 1.29 is 18.7 Å². The molecule has 3 aromatic rings. The standard InChI is InChI=1S/C21H20N2O4/c1-2-26-18-10-8-17(9-11-18)23-21(25)16-6-3-5-15(13-16)20(24)22-14-19-7-4-12-27-19/h3-13H,2,14H2,1H3,(H,22,24)(H,23,25). The van der Waals surface area contributed by atoms with Crippen molar-refractivity contribution in [3.05, 3.63) is 83.8 Å². The van der Waals surface area contributed by atoms with Crippen LogP contribution in [0.25, 0.3) is 0 Å². The molecule has 0 fully saturated rings. The van der Waals surface area contributed by atoms with Gasteiger partial charge < -0.3 is 19.8 Å². The number of carbonyl (C=O) groups is 2. The molecule has 1 heterocycles. The van der Waals surface area contributed by atoms with Crippen molar-refractivity contribution in [1.82, 2.24) is 5.32 Å². The number of rotatable bonds is 7. The molecule has 6 nitrogen and oxygen atoms in total. The third kappa shape index (κ3) is 4.98. The Balaban J connectivity index is 1.63. The van der Waals surface area contributed by atoms with Crippen LogP contribution in [-0.4, -0.2) is 18.4 Å². The van der Waals surface area contributed by atoms with E-state index in [1.165, 1.54) is 0 Å². The van der Waals surface area contributed by atoms with E-state index in [-0.39, 0.29) is 18.4 Å². The maximum atomic E-state index is 12.5. The molecule has 0 saturated carbocycles. The lowest BCUT2D eigenvalue weighted by Gasteiger charge is -2.08. The minimum absolute atomic E-state index is 0.276. The average molecular weight is 364 g/mol. The van der Waals surface area contributed by atoms with Crippen LogP contribution in [-0.2, 0) is 6.54 Å². The number of carbonyl (C=O) groups excluding carboxylic acids is 2. The lowest BCUT2D eigenvalue weighted by molar-refractivity contribution is 0.0948. The molecule has 3 rings (SSSR count). The molecule has 0 spiro atoms. The highest BCUT2D eigenvalue weighted by Gasteiger charge is 2.11. The minimum atomic E-state index is -0.292. The molecule has 0 saturated heterocycles. The quantitative estimate of drug-likeness (QED) is 0.667. The molecule has 138 valence electrons. The summed E-state index contributed by atoms with van der Waals surface area (Å²) in [5, 5.41) is 5.56. The lowest BCUT2D eigenvalue weighted by atomic mass is 10.1. The molecular formula is C21H20N2O4. The first-order chi connectivity index (χ1) is 13.2. The van der Waals surface area contributed by atoms with E-state index in [0.29, 0.717) is 29.2 Å². The Morgan fingerprint density at radius 2 is 1.70 bits per heavy atom. The zero-order valence-electron chi connectivity index (χ0n) is 14.9. The summed E-state index contributed by atoms with van der Waals surface area (Å²) in [7, 11) is 0. The Labute approximate surface area is 157 Å². The maximum absolute atomic E-state index is 12.5. The van der Waals surface area contributed by atoms with E-state index in [1.807, 2.05) is 6.92 Å². The highest BCUT2D eigenvalue weighted by molar-refractivity contribution is 6.06. The van der Waals surface area contributed by atoms with Gasteiger partial charge in [0, 0.05) is 16.8 Å². The van der Waals surface area contributed by atoms with Gasteiger partial charge in [-0.05, 0) is 61.5 Å². The molecule has 0 bridgehead atoms. The maximum Gasteiger partial charge on any atom is 0.255 e. The largest absolute Gasteiger partial charge is 0.494 e. The first-order valence-electron chi connectivity index (χ1n) is 8.60. The number of amides is 2. The predicted octanol–water partition coefficient (Wildman–Crippen LogP) is 3.86. The van der Waals surface area contributed by atoms with Crippen LogP contribution < -0.4 is 15.4 Å². The van der Waals surface area contributed by atoms with Gasteiger partial charge in [-0.3, -0.25) is 9.59 Å². The number of nitrogens with one attached hydrogen (secondary N) is 2. The lowest BCUT2D eigenvalue weighted by Crippen LogP contribution is -2.23. The zero-order valence-corrected chi connectivity index (χ0v) is 14.9. The topological polar surface area (TPSA) is 80.6 Å². The summed E-state index contributed by atoms with van der Waals surface area (Å²) in [6.45, 7) is 2.78. The SMILES string of the molecule is CCOc1ccc(NC(=O)c2cccc(C(=O)NCc3ccco3)c2)cc1. The number of furan rings is 1. The smallest absolute Gasteiger partial charge is 0.255 e. The van der Waals surface area contributed by atoms with Crippen molar-refractivity contribution in [2.45, 2.75) is 13.5 Å². The summed E-state index contributed by atoms with van der Waals surface area (Å²) in [6.07, 6.45) is 1.55. The summed E-state index contributed by atoms with van der Waals surface area (Å²) < 4.78 is 10.6. The van der Waals surface area contributed by atoms with Crippen molar-refractivity contribution in [2.75, 3.05) is 11.9 Å². The number of ether oxygens (including phenoxy) is 1. The summed E-state index contributed by atoms with van der Waals surface area (Å²) >= 11 is 0. The van der Waals surface area contributed by atoms with E-state index in [9.17, 15) is 9.59 Å². The second-order valence-corrected chi connectivity index (χ2v) is 5.75. The van der Waals surface area contributed by atoms with Gasteiger partial charge in [0.2, 0.25) is 0 Å². The number of hydrogen-bond acceptors (Lipinski definition) is 4. The van der Waals surface area contributed by atoms with Gasteiger partial charge in [0.1, 0.15) is 11.5 Å². The minimum Gasteiger partial charge on any atom is -0.494 e. The summed E-state index contributed by atoms with van der Waals surface area (Å²) in [5.41, 5.74) is 1.45. The molecule has 27 heavy (non-hydrogen) atoms. The fraction of sp³-hybridized carbons (Fsp3) is 0.143. The van der Waals surface area contributed by atoms with Gasteiger partial charge in [-0.1, -0.05) is 6.07 Å². The van der Waals surface area contributed by atoms with E-state index >= 15 is 0 Å². The molecule has 0 radical (unpaired) electrons. The van der Waals surface area contributed by atoms with Crippen molar-refractivity contribution in [1.29, 1.82) is 0 Å². The normalized spacial score (nSPS) is 10.3. The second kappa shape index (κ2) is 8.71. The van der Waals surface area contributed by atoms with Crippen LogP contribution in [0.2, 0.25) is 0 Å². The van der Waals surface area contributed by atoms with Gasteiger partial charge in [0.05, 0.1) is 19.4 Å². The molecule has 0 aliphatic rings. The third-order valence-electron chi connectivity index (χ3n) is 3.81. The van der Waals surface area contributed by atoms with E-state index in [4.69, 9.17) is 9.15 Å². The van der Waals surface area contributed by atoms with Gasteiger partial charge in [0.25, 0.3) is 11.8 Å². The van der Waals surface area contributed by atoms with Gasteiger partial charge >= 0.3 is 0 Å². The van der Waals surface area contributed by atoms with Crippen LogP contribution in [0.15, 0.2) is 71.3 Å². The Bertz CT molecular complexity index is 902. The number of hydrogen-bond donors (Lipinski definition) is 2. The molecule has 2 aromatic carbocycles. The Morgan fingerprint density at radius 3 is 2.37 bits per heavy atom. The molecule has 0 unspecified atom stereocenters. The van der Waals surface area contributed by atoms with Crippen LogP contribution in [0.1, 0.15) is 33.4 Å². The van der Waals surface area contributed by atoms with Crippen LogP contribution in [0.4, 0.5) is 5.69 Å². The molecule has 1 aromatic heterocycles. The monoisotopic (exact) mass is 364 g/mol. The van der Waals surface area contributed by atoms with E-state index in [1.54, 1.807) is 66.9 Å². The summed E-state index contributed by atoms with van der Waals surface area (Å²) in [6, 6.07) is 17.2. The Hall–Kier alpha value is -3.54. The van der Waals surface area contributed by atoms with Gasteiger partial charge in [-0.2, -0.15) is 0 Å². The highest BCUT2D eigenvalue weighted by Crippen LogP contribution is 2.17. The van der Waals surface area contributed by atoms with Crippen molar-refractivity contribution in [3.8, 4) is 5.75 Å². The van der Waals surface area contributed by atoms with Gasteiger partial charge in [-0.25, -0.2) is 0 Å². The zero-order chi connectivity index (χ0) is 19.1. The van der Waals surface area contributed by atoms with Crippen LogP contribution in [0.3, 0.4) is 0 Å². The summed E-state index contributed by atoms with van der Waals surface area (Å²) in [4.78, 5) is 24.7. The van der Waals surface area contributed by atoms with Gasteiger partial charge in [0.15, 0.2) is 0 Å². The third-order valence-corrected chi connectivity index (χ3v) is 3.81. The molecule has 2 amide bonds. The fourth-order valence-electron chi connectivity index (χ4n) is 2.49. The molecule has 0 atom stereocenters. The first-order valence-corrected chi connectivity index (χ1v) is 8.60. The highest BCUT2D eigenvalue weighted by atomic mass is 16.5. The molecular weight excluding hydrogens is 344 g/mol. The fourth-order valence-corrected chi connectivity index (χ4v) is 2.49. The molecule has 6 heteroatoms. The predicted molar refractivity (Wildman–Crippen MR) is 102 cm³/mol. The molecule has 0 aliphatic heterocycles. The Kier molecular flexibility index (Phi) is 5.89. The van der Waals surface area contributed by atoms with E-state index in [0.717, 1.165) is 5.75 Å². The number of anilines is 1. The van der Waals surface area contributed by atoms with Gasteiger partial charge in [-0.15, -0.1) is 0 Å². The first kappa shape index (κ1) is 18.3. The van der Waals surface area contributed by atoms with Crippen LogP contribution in [0.5, 0.6) is 5.75 Å². The van der Waals surface area contributed by atoms with E-state index in [2.05, 4.69) is 10.6 Å². The van der Waals surface area contributed by atoms with Crippen molar-refractivity contribution >= 4 is 17.5 Å². The second-order valence-electron chi connectivity index (χ2n) is 5.75. The number of benzene rings is 2. The summed E-state index contributed by atoms with van der Waals surface area (Å²) in [5.74, 6) is 0.834. The Morgan fingerprint density at radius 1 is 0.963 bits per heavy atom. The van der Waals surface area contributed by atoms with E-state index < -0.39 is 0 Å².